The molecule has 3 N–H and O–H groups in total. The normalized spacial score (nSPS) is 11.5. The minimum Gasteiger partial charge on any atom is -0.492 e. The second-order valence-corrected chi connectivity index (χ2v) is 3.83. The van der Waals surface area contributed by atoms with Crippen molar-refractivity contribution in [2.75, 3.05) is 11.9 Å². The standard InChI is InChI=1S/C13H18N2O4/c1-3-9(12(16)17)14-13(18)15-10-7-5-6-8-11(10)19-4-2/h5-9H,3-4H2,1-2H3,(H,16,17)(H2,14,15,18)/t9-/m0/s1. The van der Waals surface area contributed by atoms with Gasteiger partial charge in [-0.25, -0.2) is 9.59 Å². The van der Waals surface area contributed by atoms with Crippen molar-refractivity contribution in [2.24, 2.45) is 0 Å². The number of urea groups is 1. The van der Waals surface area contributed by atoms with Crippen LogP contribution in [0.15, 0.2) is 24.3 Å². The number of rotatable bonds is 6. The third kappa shape index (κ3) is 4.50. The molecule has 0 heterocycles. The van der Waals surface area contributed by atoms with Crippen molar-refractivity contribution < 1.29 is 19.4 Å². The highest BCUT2D eigenvalue weighted by atomic mass is 16.5. The van der Waals surface area contributed by atoms with Crippen molar-refractivity contribution in [2.45, 2.75) is 26.3 Å². The predicted molar refractivity (Wildman–Crippen MR) is 71.5 cm³/mol. The molecule has 0 unspecified atom stereocenters. The van der Waals surface area contributed by atoms with E-state index in [-0.39, 0.29) is 0 Å². The molecule has 1 rings (SSSR count). The number of anilines is 1. The topological polar surface area (TPSA) is 87.7 Å². The number of para-hydroxylation sites is 2. The summed E-state index contributed by atoms with van der Waals surface area (Å²) in [7, 11) is 0. The largest absolute Gasteiger partial charge is 0.492 e. The monoisotopic (exact) mass is 266 g/mol. The lowest BCUT2D eigenvalue weighted by atomic mass is 10.2. The summed E-state index contributed by atoms with van der Waals surface area (Å²) < 4.78 is 5.36. The molecule has 0 aliphatic rings. The Kier molecular flexibility index (Phi) is 5.66. The number of carboxylic acid groups (broad SMARTS) is 1. The SMILES string of the molecule is CCOc1ccccc1NC(=O)N[C@@H](CC)C(=O)O. The van der Waals surface area contributed by atoms with Gasteiger partial charge in [-0.05, 0) is 25.5 Å². The van der Waals surface area contributed by atoms with E-state index in [9.17, 15) is 9.59 Å². The zero-order chi connectivity index (χ0) is 14.3. The average molecular weight is 266 g/mol. The van der Waals surface area contributed by atoms with Crippen LogP contribution in [-0.2, 0) is 4.79 Å². The molecular formula is C13H18N2O4. The highest BCUT2D eigenvalue weighted by Crippen LogP contribution is 2.23. The molecule has 0 fully saturated rings. The molecule has 0 saturated heterocycles. The van der Waals surface area contributed by atoms with Gasteiger partial charge in [0.2, 0.25) is 0 Å². The minimum absolute atomic E-state index is 0.315. The fourth-order valence-corrected chi connectivity index (χ4v) is 1.51. The molecule has 1 atom stereocenters. The van der Waals surface area contributed by atoms with E-state index in [1.165, 1.54) is 0 Å². The zero-order valence-corrected chi connectivity index (χ0v) is 11.0. The summed E-state index contributed by atoms with van der Waals surface area (Å²) in [6.07, 6.45) is 0.315. The molecule has 2 amide bonds. The first kappa shape index (κ1) is 14.8. The van der Waals surface area contributed by atoms with Crippen molar-refractivity contribution in [3.63, 3.8) is 0 Å². The lowest BCUT2D eigenvalue weighted by molar-refractivity contribution is -0.139. The van der Waals surface area contributed by atoms with Crippen LogP contribution in [0.4, 0.5) is 10.5 Å². The fraction of sp³-hybridized carbons (Fsp3) is 0.385. The Labute approximate surface area is 111 Å². The van der Waals surface area contributed by atoms with Gasteiger partial charge in [0.05, 0.1) is 12.3 Å². The number of carboxylic acids is 1. The third-order valence-electron chi connectivity index (χ3n) is 2.45. The summed E-state index contributed by atoms with van der Waals surface area (Å²) in [4.78, 5) is 22.5. The van der Waals surface area contributed by atoms with Crippen molar-refractivity contribution >= 4 is 17.7 Å². The van der Waals surface area contributed by atoms with Gasteiger partial charge in [-0.2, -0.15) is 0 Å². The lowest BCUT2D eigenvalue weighted by Crippen LogP contribution is -2.42. The molecule has 0 aromatic heterocycles. The number of hydrogen-bond donors (Lipinski definition) is 3. The number of nitrogens with one attached hydrogen (secondary N) is 2. The van der Waals surface area contributed by atoms with Gasteiger partial charge < -0.3 is 20.5 Å². The molecule has 19 heavy (non-hydrogen) atoms. The van der Waals surface area contributed by atoms with E-state index in [2.05, 4.69) is 10.6 Å². The lowest BCUT2D eigenvalue weighted by Gasteiger charge is -2.15. The van der Waals surface area contributed by atoms with Gasteiger partial charge in [0.1, 0.15) is 11.8 Å². The number of benzene rings is 1. The van der Waals surface area contributed by atoms with E-state index in [0.717, 1.165) is 0 Å². The minimum atomic E-state index is -1.06. The summed E-state index contributed by atoms with van der Waals surface area (Å²) in [5, 5.41) is 13.8. The molecule has 0 radical (unpaired) electrons. The van der Waals surface area contributed by atoms with Crippen molar-refractivity contribution in [1.29, 1.82) is 0 Å². The average Bonchev–Trinajstić information content (AvgIpc) is 2.38. The molecule has 104 valence electrons. The van der Waals surface area contributed by atoms with Crippen LogP contribution in [0.25, 0.3) is 0 Å². The van der Waals surface area contributed by atoms with Crippen molar-refractivity contribution in [3.05, 3.63) is 24.3 Å². The number of ether oxygens (including phenoxy) is 1. The number of aliphatic carboxylic acids is 1. The highest BCUT2D eigenvalue weighted by Gasteiger charge is 2.18. The van der Waals surface area contributed by atoms with E-state index in [1.54, 1.807) is 31.2 Å². The van der Waals surface area contributed by atoms with Gasteiger partial charge in [0.15, 0.2) is 0 Å². The Morgan fingerprint density at radius 1 is 1.32 bits per heavy atom. The van der Waals surface area contributed by atoms with Gasteiger partial charge >= 0.3 is 12.0 Å². The first-order valence-corrected chi connectivity index (χ1v) is 6.10. The van der Waals surface area contributed by atoms with Crippen molar-refractivity contribution in [3.8, 4) is 5.75 Å². The number of carbonyl (C=O) groups excluding carboxylic acids is 1. The molecule has 6 heteroatoms. The van der Waals surface area contributed by atoms with Gasteiger partial charge in [0.25, 0.3) is 0 Å². The fourth-order valence-electron chi connectivity index (χ4n) is 1.51. The Balaban J connectivity index is 2.69. The molecule has 1 aromatic rings. The summed E-state index contributed by atoms with van der Waals surface area (Å²) in [5.41, 5.74) is 0.502. The molecule has 1 aromatic carbocycles. The van der Waals surface area contributed by atoms with E-state index in [0.29, 0.717) is 24.5 Å². The number of hydrogen-bond acceptors (Lipinski definition) is 3. The quantitative estimate of drug-likeness (QED) is 0.735. The van der Waals surface area contributed by atoms with E-state index >= 15 is 0 Å². The zero-order valence-electron chi connectivity index (χ0n) is 11.0. The molecule has 0 bridgehead atoms. The van der Waals surface area contributed by atoms with Crippen LogP contribution >= 0.6 is 0 Å². The summed E-state index contributed by atoms with van der Waals surface area (Å²) in [5.74, 6) is -0.515. The van der Waals surface area contributed by atoms with Crippen LogP contribution in [0.3, 0.4) is 0 Å². The van der Waals surface area contributed by atoms with E-state index in [1.807, 2.05) is 6.92 Å². The second kappa shape index (κ2) is 7.25. The Bertz CT molecular complexity index is 448. The Hall–Kier alpha value is -2.24. The van der Waals surface area contributed by atoms with Crippen molar-refractivity contribution in [1.82, 2.24) is 5.32 Å². The highest BCUT2D eigenvalue weighted by molar-refractivity contribution is 5.93. The van der Waals surface area contributed by atoms with Gasteiger partial charge in [-0.1, -0.05) is 19.1 Å². The number of carbonyl (C=O) groups is 2. The van der Waals surface area contributed by atoms with Gasteiger partial charge in [0, 0.05) is 0 Å². The van der Waals surface area contributed by atoms with Crippen LogP contribution < -0.4 is 15.4 Å². The van der Waals surface area contributed by atoms with Gasteiger partial charge in [-0.15, -0.1) is 0 Å². The first-order valence-electron chi connectivity index (χ1n) is 6.10. The molecular weight excluding hydrogens is 248 g/mol. The maximum atomic E-state index is 11.7. The van der Waals surface area contributed by atoms with Crippen LogP contribution in [0.1, 0.15) is 20.3 Å². The Morgan fingerprint density at radius 2 is 2.00 bits per heavy atom. The second-order valence-electron chi connectivity index (χ2n) is 3.83. The van der Waals surface area contributed by atoms with Crippen LogP contribution in [0.2, 0.25) is 0 Å². The Morgan fingerprint density at radius 3 is 2.58 bits per heavy atom. The summed E-state index contributed by atoms with van der Waals surface area (Å²) in [6, 6.07) is 5.49. The van der Waals surface area contributed by atoms with E-state index in [4.69, 9.17) is 9.84 Å². The van der Waals surface area contributed by atoms with E-state index < -0.39 is 18.0 Å². The summed E-state index contributed by atoms with van der Waals surface area (Å²) >= 11 is 0. The van der Waals surface area contributed by atoms with Crippen LogP contribution in [-0.4, -0.2) is 29.8 Å². The van der Waals surface area contributed by atoms with Crippen LogP contribution in [0.5, 0.6) is 5.75 Å². The predicted octanol–water partition coefficient (Wildman–Crippen LogP) is 2.07. The molecule has 0 aliphatic heterocycles. The molecule has 0 spiro atoms. The summed E-state index contributed by atoms with van der Waals surface area (Å²) in [6.45, 7) is 4.01. The smallest absolute Gasteiger partial charge is 0.326 e. The maximum absolute atomic E-state index is 11.7. The van der Waals surface area contributed by atoms with Crippen LogP contribution in [0, 0.1) is 0 Å². The molecule has 6 nitrogen and oxygen atoms in total. The number of amides is 2. The first-order chi connectivity index (χ1) is 9.08. The molecule has 0 aliphatic carbocycles. The third-order valence-corrected chi connectivity index (χ3v) is 2.45. The van der Waals surface area contributed by atoms with Gasteiger partial charge in [-0.3, -0.25) is 0 Å². The molecule has 0 saturated carbocycles. The maximum Gasteiger partial charge on any atom is 0.326 e.